The average Bonchev–Trinajstić information content (AvgIpc) is 3.41. The molecule has 0 aliphatic carbocycles. The Morgan fingerprint density at radius 1 is 1.16 bits per heavy atom. The number of rotatable bonds is 8. The number of hydrogen-bond donors (Lipinski definition) is 2. The van der Waals surface area contributed by atoms with Crippen molar-refractivity contribution in [2.45, 2.75) is 38.3 Å². The van der Waals surface area contributed by atoms with Gasteiger partial charge in [-0.2, -0.15) is 10.4 Å². The first-order valence-electron chi connectivity index (χ1n) is 11.1. The van der Waals surface area contributed by atoms with Gasteiger partial charge in [-0.1, -0.05) is 48.5 Å². The van der Waals surface area contributed by atoms with Crippen molar-refractivity contribution in [2.24, 2.45) is 0 Å². The smallest absolute Gasteiger partial charge is 0.237 e. The Balaban J connectivity index is 1.31. The lowest BCUT2D eigenvalue weighted by atomic mass is 10.1. The lowest BCUT2D eigenvalue weighted by Crippen LogP contribution is -2.43. The Labute approximate surface area is 188 Å². The fourth-order valence-electron chi connectivity index (χ4n) is 4.26. The summed E-state index contributed by atoms with van der Waals surface area (Å²) in [6.45, 7) is 2.27. The van der Waals surface area contributed by atoms with E-state index in [0.717, 1.165) is 31.6 Å². The van der Waals surface area contributed by atoms with E-state index in [4.69, 9.17) is 5.73 Å². The van der Waals surface area contributed by atoms with Crippen LogP contribution < -0.4 is 11.1 Å². The molecular weight excluding hydrogens is 400 g/mol. The monoisotopic (exact) mass is 428 g/mol. The summed E-state index contributed by atoms with van der Waals surface area (Å²) in [6.07, 6.45) is 3.19. The highest BCUT2D eigenvalue weighted by molar-refractivity contribution is 5.82. The molecule has 32 heavy (non-hydrogen) atoms. The third kappa shape index (κ3) is 4.82. The van der Waals surface area contributed by atoms with E-state index in [0.29, 0.717) is 36.5 Å². The van der Waals surface area contributed by atoms with Crippen LogP contribution in [0.2, 0.25) is 0 Å². The molecule has 1 unspecified atom stereocenters. The first-order chi connectivity index (χ1) is 15.7. The number of nitrogens with one attached hydrogen (secondary N) is 1. The lowest BCUT2D eigenvalue weighted by molar-refractivity contribution is -0.125. The molecule has 1 atom stereocenters. The number of hydrogen-bond acceptors (Lipinski definition) is 5. The van der Waals surface area contributed by atoms with E-state index in [2.05, 4.69) is 33.5 Å². The fourth-order valence-corrected chi connectivity index (χ4v) is 4.26. The third-order valence-corrected chi connectivity index (χ3v) is 5.89. The molecule has 0 saturated carbocycles. The zero-order valence-corrected chi connectivity index (χ0v) is 18.1. The van der Waals surface area contributed by atoms with E-state index < -0.39 is 0 Å². The Kier molecular flexibility index (Phi) is 6.83. The lowest BCUT2D eigenvalue weighted by Gasteiger charge is -2.23. The summed E-state index contributed by atoms with van der Waals surface area (Å²) in [5.74, 6) is 0.425. The number of likely N-dealkylation sites (tertiary alicyclic amines) is 1. The molecule has 1 aromatic heterocycles. The van der Waals surface area contributed by atoms with Gasteiger partial charge in [-0.25, -0.2) is 4.68 Å². The second kappa shape index (κ2) is 10.1. The molecule has 1 amide bonds. The largest absolute Gasteiger partial charge is 0.382 e. The SMILES string of the molecule is N#Cc1c(CCCNC(=O)C2CCCN2Cc2ccccc2)nn(-c2ccccc2)c1N. The van der Waals surface area contributed by atoms with Gasteiger partial charge in [-0.05, 0) is 49.9 Å². The summed E-state index contributed by atoms with van der Waals surface area (Å²) in [5.41, 5.74) is 9.28. The molecule has 3 aromatic rings. The number of nitrogen functional groups attached to an aromatic ring is 1. The second-order valence-corrected chi connectivity index (χ2v) is 8.07. The van der Waals surface area contributed by atoms with Crippen LogP contribution in [0, 0.1) is 11.3 Å². The number of para-hydroxylation sites is 1. The summed E-state index contributed by atoms with van der Waals surface area (Å²) < 4.78 is 1.60. The van der Waals surface area contributed by atoms with E-state index >= 15 is 0 Å². The Morgan fingerprint density at radius 3 is 2.59 bits per heavy atom. The molecule has 2 aromatic carbocycles. The highest BCUT2D eigenvalue weighted by Crippen LogP contribution is 2.22. The van der Waals surface area contributed by atoms with Crippen molar-refractivity contribution in [3.63, 3.8) is 0 Å². The van der Waals surface area contributed by atoms with Crippen molar-refractivity contribution < 1.29 is 4.79 Å². The topological polar surface area (TPSA) is 100.0 Å². The van der Waals surface area contributed by atoms with E-state index in [1.807, 2.05) is 48.5 Å². The predicted molar refractivity (Wildman–Crippen MR) is 124 cm³/mol. The number of aryl methyl sites for hydroxylation is 1. The predicted octanol–water partition coefficient (Wildman–Crippen LogP) is 3.04. The highest BCUT2D eigenvalue weighted by Gasteiger charge is 2.30. The van der Waals surface area contributed by atoms with E-state index in [1.54, 1.807) is 4.68 Å². The summed E-state index contributed by atoms with van der Waals surface area (Å²) in [5, 5.41) is 17.2. The molecule has 164 valence electrons. The minimum Gasteiger partial charge on any atom is -0.382 e. The van der Waals surface area contributed by atoms with Gasteiger partial charge in [0.1, 0.15) is 17.5 Å². The molecule has 2 heterocycles. The third-order valence-electron chi connectivity index (χ3n) is 5.89. The molecule has 0 spiro atoms. The second-order valence-electron chi connectivity index (χ2n) is 8.07. The molecule has 3 N–H and O–H groups in total. The van der Waals surface area contributed by atoms with Gasteiger partial charge in [0.2, 0.25) is 5.91 Å². The summed E-state index contributed by atoms with van der Waals surface area (Å²) in [7, 11) is 0. The van der Waals surface area contributed by atoms with Crippen LogP contribution >= 0.6 is 0 Å². The highest BCUT2D eigenvalue weighted by atomic mass is 16.2. The number of carbonyl (C=O) groups is 1. The summed E-state index contributed by atoms with van der Waals surface area (Å²) in [4.78, 5) is 15.0. The molecule has 1 fully saturated rings. The zero-order valence-electron chi connectivity index (χ0n) is 18.1. The first-order valence-corrected chi connectivity index (χ1v) is 11.1. The van der Waals surface area contributed by atoms with Gasteiger partial charge in [0.15, 0.2) is 0 Å². The molecule has 7 heteroatoms. The van der Waals surface area contributed by atoms with Gasteiger partial charge in [-0.15, -0.1) is 0 Å². The molecule has 7 nitrogen and oxygen atoms in total. The number of carbonyl (C=O) groups excluding carboxylic acids is 1. The van der Waals surface area contributed by atoms with Crippen LogP contribution in [0.4, 0.5) is 5.82 Å². The molecule has 0 bridgehead atoms. The van der Waals surface area contributed by atoms with Crippen molar-refractivity contribution in [2.75, 3.05) is 18.8 Å². The minimum absolute atomic E-state index is 0.0771. The van der Waals surface area contributed by atoms with Gasteiger partial charge in [0.25, 0.3) is 0 Å². The van der Waals surface area contributed by atoms with Crippen LogP contribution in [0.15, 0.2) is 60.7 Å². The van der Waals surface area contributed by atoms with Gasteiger partial charge >= 0.3 is 0 Å². The van der Waals surface area contributed by atoms with Gasteiger partial charge in [0, 0.05) is 13.1 Å². The summed E-state index contributed by atoms with van der Waals surface area (Å²) >= 11 is 0. The zero-order chi connectivity index (χ0) is 22.3. The van der Waals surface area contributed by atoms with Gasteiger partial charge < -0.3 is 11.1 Å². The quantitative estimate of drug-likeness (QED) is 0.537. The van der Waals surface area contributed by atoms with Crippen molar-refractivity contribution >= 4 is 11.7 Å². The first kappa shape index (κ1) is 21.6. The van der Waals surface area contributed by atoms with Gasteiger partial charge in [-0.3, -0.25) is 9.69 Å². The maximum Gasteiger partial charge on any atom is 0.237 e. The Hall–Kier alpha value is -3.63. The van der Waals surface area contributed by atoms with Crippen LogP contribution in [0.1, 0.15) is 36.1 Å². The molecular formula is C25H28N6O. The number of anilines is 1. The minimum atomic E-state index is -0.0854. The Morgan fingerprint density at radius 2 is 1.88 bits per heavy atom. The number of nitriles is 1. The van der Waals surface area contributed by atoms with Crippen LogP contribution in [0.5, 0.6) is 0 Å². The van der Waals surface area contributed by atoms with Crippen LogP contribution in [0.25, 0.3) is 5.69 Å². The van der Waals surface area contributed by atoms with Crippen molar-refractivity contribution in [1.82, 2.24) is 20.0 Å². The van der Waals surface area contributed by atoms with Crippen molar-refractivity contribution in [3.8, 4) is 11.8 Å². The van der Waals surface area contributed by atoms with Crippen molar-refractivity contribution in [3.05, 3.63) is 77.5 Å². The van der Waals surface area contributed by atoms with Crippen molar-refractivity contribution in [1.29, 1.82) is 5.26 Å². The van der Waals surface area contributed by atoms with Crippen LogP contribution in [-0.4, -0.2) is 39.7 Å². The maximum atomic E-state index is 12.8. The van der Waals surface area contributed by atoms with Crippen LogP contribution in [-0.2, 0) is 17.8 Å². The van der Waals surface area contributed by atoms with E-state index in [1.165, 1.54) is 5.56 Å². The van der Waals surface area contributed by atoms with E-state index in [9.17, 15) is 10.1 Å². The molecule has 4 rings (SSSR count). The molecule has 0 radical (unpaired) electrons. The fraction of sp³-hybridized carbons (Fsp3) is 0.320. The number of aromatic nitrogens is 2. The summed E-state index contributed by atoms with van der Waals surface area (Å²) in [6, 6.07) is 21.9. The van der Waals surface area contributed by atoms with E-state index in [-0.39, 0.29) is 11.9 Å². The molecule has 1 aliphatic heterocycles. The maximum absolute atomic E-state index is 12.8. The molecule has 1 saturated heterocycles. The molecule has 1 aliphatic rings. The normalized spacial score (nSPS) is 16.0. The number of nitrogens with zero attached hydrogens (tertiary/aromatic N) is 4. The number of amides is 1. The van der Waals surface area contributed by atoms with Gasteiger partial charge in [0.05, 0.1) is 17.4 Å². The Bertz CT molecular complexity index is 1090. The van der Waals surface area contributed by atoms with Crippen LogP contribution in [0.3, 0.4) is 0 Å². The standard InChI is InChI=1S/C25H28N6O/c26-17-21-22(29-31(24(21)27)20-11-5-2-6-12-20)13-7-15-28-25(32)23-14-8-16-30(23)18-19-9-3-1-4-10-19/h1-6,9-12,23H,7-8,13-16,18,27H2,(H,28,32). The number of nitrogens with two attached hydrogens (primary N) is 1. The number of benzene rings is 2. The average molecular weight is 429 g/mol.